The fourth-order valence-electron chi connectivity index (χ4n) is 0.922. The van der Waals surface area contributed by atoms with Gasteiger partial charge in [-0.15, -0.1) is 0 Å². The third kappa shape index (κ3) is 2.17. The van der Waals surface area contributed by atoms with Crippen LogP contribution in [0.3, 0.4) is 0 Å². The largest absolute Gasteiger partial charge is 0.477 e. The van der Waals surface area contributed by atoms with E-state index in [2.05, 4.69) is 0 Å². The van der Waals surface area contributed by atoms with Gasteiger partial charge in [-0.2, -0.15) is 8.78 Å². The summed E-state index contributed by atoms with van der Waals surface area (Å²) < 4.78 is 26.3. The number of hydrogen-bond donors (Lipinski definition) is 1. The molecule has 1 aromatic carbocycles. The van der Waals surface area contributed by atoms with E-state index in [1.165, 1.54) is 6.07 Å². The van der Waals surface area contributed by atoms with Gasteiger partial charge in [0, 0.05) is 0 Å². The molecule has 0 aromatic heterocycles. The first-order valence-electron chi connectivity index (χ1n) is 3.53. The van der Waals surface area contributed by atoms with Crippen molar-refractivity contribution in [1.29, 1.82) is 0 Å². The first kappa shape index (κ1) is 12.5. The Morgan fingerprint density at radius 2 is 1.67 bits per heavy atom. The Kier molecular flexibility index (Phi) is 3.43. The minimum absolute atomic E-state index is 0.183. The third-order valence-electron chi connectivity index (χ3n) is 1.63. The van der Waals surface area contributed by atoms with Gasteiger partial charge in [0.2, 0.25) is 0 Å². The molecule has 1 rings (SSSR count). The van der Waals surface area contributed by atoms with Crippen molar-refractivity contribution < 1.29 is 18.7 Å². The predicted molar refractivity (Wildman–Crippen MR) is 53.0 cm³/mol. The normalized spacial score (nSPS) is 11.5. The van der Waals surface area contributed by atoms with Gasteiger partial charge >= 0.3 is 11.9 Å². The molecule has 0 bridgehead atoms. The maximum absolute atomic E-state index is 13.2. The Morgan fingerprint density at radius 1 is 1.20 bits per heavy atom. The van der Waals surface area contributed by atoms with Crippen molar-refractivity contribution in [2.75, 3.05) is 0 Å². The highest BCUT2D eigenvalue weighted by molar-refractivity contribution is 6.44. The van der Waals surface area contributed by atoms with Gasteiger partial charge in [-0.1, -0.05) is 34.8 Å². The standard InChI is InChI=1S/C8H3Cl3F2O2/c9-3-1-2-4(10)6(11)5(3)8(12,13)7(14)15/h1-2H,(H,14,15). The lowest BCUT2D eigenvalue weighted by molar-refractivity contribution is -0.166. The van der Waals surface area contributed by atoms with Gasteiger partial charge in [0.1, 0.15) is 0 Å². The Balaban J connectivity index is 3.49. The molecule has 7 heteroatoms. The van der Waals surface area contributed by atoms with E-state index >= 15 is 0 Å². The van der Waals surface area contributed by atoms with E-state index in [1.54, 1.807) is 0 Å². The lowest BCUT2D eigenvalue weighted by Gasteiger charge is -2.15. The zero-order chi connectivity index (χ0) is 11.8. The van der Waals surface area contributed by atoms with Crippen LogP contribution in [-0.2, 0) is 10.7 Å². The second-order valence-corrected chi connectivity index (χ2v) is 3.79. The number of rotatable bonds is 2. The summed E-state index contributed by atoms with van der Waals surface area (Å²) in [5, 5.41) is 7.13. The van der Waals surface area contributed by atoms with Crippen LogP contribution in [-0.4, -0.2) is 11.1 Å². The van der Waals surface area contributed by atoms with Crippen molar-refractivity contribution >= 4 is 40.8 Å². The molecule has 0 saturated heterocycles. The minimum atomic E-state index is -4.17. The SMILES string of the molecule is O=C(O)C(F)(F)c1c(Cl)ccc(Cl)c1Cl. The summed E-state index contributed by atoms with van der Waals surface area (Å²) in [4.78, 5) is 10.3. The smallest absolute Gasteiger partial charge is 0.379 e. The molecule has 1 N–H and O–H groups in total. The van der Waals surface area contributed by atoms with Crippen molar-refractivity contribution in [3.8, 4) is 0 Å². The summed E-state index contributed by atoms with van der Waals surface area (Å²) in [6, 6.07) is 2.26. The van der Waals surface area contributed by atoms with E-state index in [4.69, 9.17) is 39.9 Å². The topological polar surface area (TPSA) is 37.3 Å². The highest BCUT2D eigenvalue weighted by atomic mass is 35.5. The fraction of sp³-hybridized carbons (Fsp3) is 0.125. The minimum Gasteiger partial charge on any atom is -0.477 e. The van der Waals surface area contributed by atoms with E-state index in [0.717, 1.165) is 6.07 Å². The van der Waals surface area contributed by atoms with E-state index in [0.29, 0.717) is 0 Å². The Bertz CT molecular complexity index is 421. The summed E-state index contributed by atoms with van der Waals surface area (Å²) in [5.41, 5.74) is -0.995. The van der Waals surface area contributed by atoms with Crippen LogP contribution in [0.25, 0.3) is 0 Å². The van der Waals surface area contributed by atoms with Crippen LogP contribution in [0.15, 0.2) is 12.1 Å². The summed E-state index contributed by atoms with van der Waals surface area (Å²) in [5.74, 6) is -6.51. The van der Waals surface area contributed by atoms with Crippen molar-refractivity contribution in [2.24, 2.45) is 0 Å². The van der Waals surface area contributed by atoms with Gasteiger partial charge in [-0.05, 0) is 12.1 Å². The summed E-state index contributed by atoms with van der Waals surface area (Å²) in [6.07, 6.45) is 0. The van der Waals surface area contributed by atoms with Crippen molar-refractivity contribution in [3.63, 3.8) is 0 Å². The monoisotopic (exact) mass is 274 g/mol. The Morgan fingerprint density at radius 3 is 2.13 bits per heavy atom. The Hall–Kier alpha value is -0.580. The highest BCUT2D eigenvalue weighted by Crippen LogP contribution is 2.41. The average Bonchev–Trinajstić information content (AvgIpc) is 2.11. The zero-order valence-corrected chi connectivity index (χ0v) is 9.17. The molecule has 0 heterocycles. The maximum Gasteiger partial charge on any atom is 0.379 e. The molecule has 15 heavy (non-hydrogen) atoms. The van der Waals surface area contributed by atoms with Crippen LogP contribution in [0.1, 0.15) is 5.56 Å². The number of alkyl halides is 2. The second-order valence-electron chi connectivity index (χ2n) is 2.60. The molecule has 1 aromatic rings. The number of carboxylic acid groups (broad SMARTS) is 1. The molecular formula is C8H3Cl3F2O2. The molecule has 0 aliphatic rings. The molecule has 0 aliphatic carbocycles. The third-order valence-corrected chi connectivity index (χ3v) is 2.75. The number of carbonyl (C=O) groups is 1. The first-order valence-corrected chi connectivity index (χ1v) is 4.67. The van der Waals surface area contributed by atoms with Crippen LogP contribution in [0.4, 0.5) is 8.78 Å². The number of benzene rings is 1. The van der Waals surface area contributed by atoms with Crippen molar-refractivity contribution in [1.82, 2.24) is 0 Å². The molecule has 0 atom stereocenters. The number of halogens is 5. The second kappa shape index (κ2) is 4.12. The van der Waals surface area contributed by atoms with Gasteiger partial charge in [-0.3, -0.25) is 0 Å². The molecule has 0 aliphatic heterocycles. The molecule has 82 valence electrons. The molecule has 0 radical (unpaired) electrons. The van der Waals surface area contributed by atoms with Gasteiger partial charge in [-0.25, -0.2) is 4.79 Å². The first-order chi connectivity index (χ1) is 6.78. The molecular weight excluding hydrogens is 272 g/mol. The summed E-state index contributed by atoms with van der Waals surface area (Å²) >= 11 is 16.4. The van der Waals surface area contributed by atoms with E-state index < -0.39 is 27.5 Å². The lowest BCUT2D eigenvalue weighted by Crippen LogP contribution is -2.26. The molecule has 2 nitrogen and oxygen atoms in total. The van der Waals surface area contributed by atoms with Gasteiger partial charge < -0.3 is 5.11 Å². The average molecular weight is 275 g/mol. The van der Waals surface area contributed by atoms with Crippen LogP contribution in [0.5, 0.6) is 0 Å². The number of hydrogen-bond acceptors (Lipinski definition) is 1. The van der Waals surface area contributed by atoms with Gasteiger partial charge in [0.15, 0.2) is 0 Å². The molecule has 0 spiro atoms. The quantitative estimate of drug-likeness (QED) is 0.833. The van der Waals surface area contributed by atoms with Crippen LogP contribution >= 0.6 is 34.8 Å². The van der Waals surface area contributed by atoms with E-state index in [9.17, 15) is 13.6 Å². The fourth-order valence-corrected chi connectivity index (χ4v) is 1.69. The van der Waals surface area contributed by atoms with Crippen LogP contribution in [0, 0.1) is 0 Å². The highest BCUT2D eigenvalue weighted by Gasteiger charge is 2.45. The maximum atomic E-state index is 13.2. The molecule has 0 unspecified atom stereocenters. The van der Waals surface area contributed by atoms with Gasteiger partial charge in [0.25, 0.3) is 0 Å². The zero-order valence-electron chi connectivity index (χ0n) is 6.90. The van der Waals surface area contributed by atoms with Crippen molar-refractivity contribution in [2.45, 2.75) is 5.92 Å². The van der Waals surface area contributed by atoms with Gasteiger partial charge in [0.05, 0.1) is 20.6 Å². The Labute approximate surface area is 98.4 Å². The van der Waals surface area contributed by atoms with Crippen LogP contribution in [0.2, 0.25) is 15.1 Å². The molecule has 0 fully saturated rings. The van der Waals surface area contributed by atoms with E-state index in [1.807, 2.05) is 0 Å². The summed E-state index contributed by atoms with van der Waals surface area (Å²) in [6.45, 7) is 0. The number of carboxylic acids is 1. The lowest BCUT2D eigenvalue weighted by atomic mass is 10.1. The predicted octanol–water partition coefficient (Wildman–Crippen LogP) is 3.82. The summed E-state index contributed by atoms with van der Waals surface area (Å²) in [7, 11) is 0. The van der Waals surface area contributed by atoms with Crippen LogP contribution < -0.4 is 0 Å². The molecule has 0 saturated carbocycles. The van der Waals surface area contributed by atoms with Crippen molar-refractivity contribution in [3.05, 3.63) is 32.8 Å². The number of aliphatic carboxylic acids is 1. The van der Waals surface area contributed by atoms with E-state index in [-0.39, 0.29) is 5.02 Å². The molecule has 0 amide bonds.